The summed E-state index contributed by atoms with van der Waals surface area (Å²) in [6, 6.07) is 16.9. The number of amides is 1. The highest BCUT2D eigenvalue weighted by Gasteiger charge is 2.40. The van der Waals surface area contributed by atoms with Crippen LogP contribution in [0.1, 0.15) is 24.0 Å². The number of alkyl halides is 3. The minimum Gasteiger partial charge on any atom is -0.493 e. The molecule has 3 heterocycles. The Kier molecular flexibility index (Phi) is 8.42. The second kappa shape index (κ2) is 12.4. The number of hydrogen-bond donors (Lipinski definition) is 1. The van der Waals surface area contributed by atoms with E-state index in [4.69, 9.17) is 9.47 Å². The number of likely N-dealkylation sites (N-methyl/N-ethyl adjacent to an activating group) is 1. The van der Waals surface area contributed by atoms with Crippen molar-refractivity contribution in [3.05, 3.63) is 78.1 Å². The van der Waals surface area contributed by atoms with Gasteiger partial charge in [0.15, 0.2) is 11.5 Å². The lowest BCUT2D eigenvalue weighted by atomic mass is 10.1. The summed E-state index contributed by atoms with van der Waals surface area (Å²) in [6.07, 6.45) is -0.786. The first-order valence-corrected chi connectivity index (χ1v) is 14.6. The first-order chi connectivity index (χ1) is 21.2. The summed E-state index contributed by atoms with van der Waals surface area (Å²) in [4.78, 5) is 26.5. The van der Waals surface area contributed by atoms with E-state index in [1.54, 1.807) is 19.2 Å². The predicted octanol–water partition coefficient (Wildman–Crippen LogP) is 5.66. The van der Waals surface area contributed by atoms with E-state index in [1.165, 1.54) is 24.9 Å². The smallest absolute Gasteiger partial charge is 0.416 e. The molecule has 1 aromatic heterocycles. The molecule has 4 aromatic rings. The van der Waals surface area contributed by atoms with Gasteiger partial charge < -0.3 is 19.7 Å². The van der Waals surface area contributed by atoms with Gasteiger partial charge in [0.1, 0.15) is 6.33 Å². The fraction of sp³-hybridized carbons (Fsp3) is 0.364. The van der Waals surface area contributed by atoms with Crippen molar-refractivity contribution in [1.29, 1.82) is 0 Å². The Labute approximate surface area is 253 Å². The van der Waals surface area contributed by atoms with Gasteiger partial charge in [0.25, 0.3) is 0 Å². The zero-order valence-corrected chi connectivity index (χ0v) is 24.6. The topological polar surface area (TPSA) is 79.8 Å². The third-order valence-corrected chi connectivity index (χ3v) is 8.48. The summed E-state index contributed by atoms with van der Waals surface area (Å²) in [5, 5.41) is 3.61. The Morgan fingerprint density at radius 2 is 1.77 bits per heavy atom. The van der Waals surface area contributed by atoms with Crippen LogP contribution in [-0.2, 0) is 17.4 Å². The van der Waals surface area contributed by atoms with Crippen molar-refractivity contribution in [3.8, 4) is 22.8 Å². The number of nitrogens with zero attached hydrogens (tertiary/aromatic N) is 4. The van der Waals surface area contributed by atoms with Gasteiger partial charge in [-0.1, -0.05) is 24.3 Å². The summed E-state index contributed by atoms with van der Waals surface area (Å²) >= 11 is 0. The molecule has 3 aromatic carbocycles. The number of methoxy groups -OCH3 is 1. The number of carbonyl (C=O) groups is 1. The number of nitrogens with one attached hydrogen (secondary N) is 1. The van der Waals surface area contributed by atoms with Crippen molar-refractivity contribution >= 4 is 22.5 Å². The fourth-order valence-electron chi connectivity index (χ4n) is 6.15. The van der Waals surface area contributed by atoms with Crippen molar-refractivity contribution < 1.29 is 27.4 Å². The SMILES string of the molecule is COc1cc2ncnc(-c3ccc(NC(=O)Cc4ccc(C(F)(F)F)cc4)cc3)c2cc1OCCCN1C[C@@H]2C[C@H]1CN2C. The molecule has 0 aliphatic carbocycles. The number of aromatic nitrogens is 2. The van der Waals surface area contributed by atoms with Gasteiger partial charge in [0, 0.05) is 54.4 Å². The first kappa shape index (κ1) is 29.8. The van der Waals surface area contributed by atoms with Crippen LogP contribution in [0.25, 0.3) is 22.2 Å². The number of piperazine rings is 1. The molecule has 0 spiro atoms. The average molecular weight is 606 g/mol. The largest absolute Gasteiger partial charge is 0.493 e. The van der Waals surface area contributed by atoms with E-state index in [-0.39, 0.29) is 12.3 Å². The molecule has 2 fully saturated rings. The maximum absolute atomic E-state index is 12.8. The molecule has 1 N–H and O–H groups in total. The lowest BCUT2D eigenvalue weighted by molar-refractivity contribution is -0.137. The number of ether oxygens (including phenoxy) is 2. The number of fused-ring (bicyclic) bond motifs is 3. The molecular formula is C33H34F3N5O3. The van der Waals surface area contributed by atoms with Crippen LogP contribution in [0.15, 0.2) is 67.0 Å². The van der Waals surface area contributed by atoms with E-state index < -0.39 is 11.7 Å². The maximum atomic E-state index is 12.8. The van der Waals surface area contributed by atoms with Crippen LogP contribution in [0.3, 0.4) is 0 Å². The first-order valence-electron chi connectivity index (χ1n) is 14.6. The van der Waals surface area contributed by atoms with Crippen LogP contribution in [-0.4, -0.2) is 78.2 Å². The zero-order valence-electron chi connectivity index (χ0n) is 24.6. The lowest BCUT2D eigenvalue weighted by Crippen LogP contribution is -2.44. The molecule has 2 saturated heterocycles. The Bertz CT molecular complexity index is 1630. The summed E-state index contributed by atoms with van der Waals surface area (Å²) in [5.41, 5.74) is 2.55. The standard InChI is InChI=1S/C33H34F3N5O3/c1-40-18-26-15-25(40)19-41(26)12-3-13-44-30-16-27-28(17-29(30)43-2)37-20-38-32(27)22-6-10-24(11-7-22)39-31(42)14-21-4-8-23(9-5-21)33(34,35)36/h4-11,16-17,20,25-26H,3,12-15,18-19H2,1-2H3,(H,39,42)/t25-,26-/m0/s1. The number of anilines is 1. The van der Waals surface area contributed by atoms with Crippen LogP contribution in [0.2, 0.25) is 0 Å². The molecule has 8 nitrogen and oxygen atoms in total. The van der Waals surface area contributed by atoms with Crippen LogP contribution >= 0.6 is 0 Å². The van der Waals surface area contributed by atoms with E-state index in [9.17, 15) is 18.0 Å². The molecule has 0 unspecified atom stereocenters. The molecule has 2 bridgehead atoms. The number of hydrogen-bond acceptors (Lipinski definition) is 7. The quantitative estimate of drug-likeness (QED) is 0.234. The maximum Gasteiger partial charge on any atom is 0.416 e. The van der Waals surface area contributed by atoms with Gasteiger partial charge in [0.2, 0.25) is 5.91 Å². The van der Waals surface area contributed by atoms with Crippen LogP contribution in [0.5, 0.6) is 11.5 Å². The van der Waals surface area contributed by atoms with Crippen LogP contribution < -0.4 is 14.8 Å². The Morgan fingerprint density at radius 1 is 1.00 bits per heavy atom. The van der Waals surface area contributed by atoms with Crippen molar-refractivity contribution in [2.75, 3.05) is 45.7 Å². The molecule has 44 heavy (non-hydrogen) atoms. The van der Waals surface area contributed by atoms with Crippen molar-refractivity contribution in [3.63, 3.8) is 0 Å². The lowest BCUT2D eigenvalue weighted by Gasteiger charge is -2.31. The molecule has 11 heteroatoms. The molecule has 0 saturated carbocycles. The molecule has 230 valence electrons. The molecule has 6 rings (SSSR count). The highest BCUT2D eigenvalue weighted by molar-refractivity contribution is 5.95. The molecule has 2 atom stereocenters. The minimum absolute atomic E-state index is 0.0441. The van der Waals surface area contributed by atoms with Crippen molar-refractivity contribution in [1.82, 2.24) is 19.8 Å². The molecular weight excluding hydrogens is 571 g/mol. The van der Waals surface area contributed by atoms with Crippen LogP contribution in [0, 0.1) is 0 Å². The fourth-order valence-corrected chi connectivity index (χ4v) is 6.15. The van der Waals surface area contributed by atoms with Gasteiger partial charge in [-0.15, -0.1) is 0 Å². The highest BCUT2D eigenvalue weighted by Crippen LogP contribution is 2.36. The highest BCUT2D eigenvalue weighted by atomic mass is 19.4. The number of carbonyl (C=O) groups excluding carboxylic acids is 1. The Balaban J connectivity index is 1.10. The van der Waals surface area contributed by atoms with Gasteiger partial charge in [-0.25, -0.2) is 9.97 Å². The summed E-state index contributed by atoms with van der Waals surface area (Å²) in [6.45, 7) is 3.84. The van der Waals surface area contributed by atoms with E-state index in [0.29, 0.717) is 52.7 Å². The van der Waals surface area contributed by atoms with E-state index >= 15 is 0 Å². The summed E-state index contributed by atoms with van der Waals surface area (Å²) < 4.78 is 50.2. The van der Waals surface area contributed by atoms with Gasteiger partial charge in [-0.2, -0.15) is 13.2 Å². The van der Waals surface area contributed by atoms with E-state index in [2.05, 4.69) is 32.1 Å². The third-order valence-electron chi connectivity index (χ3n) is 8.48. The van der Waals surface area contributed by atoms with E-state index in [1.807, 2.05) is 24.3 Å². The number of likely N-dealkylation sites (tertiary alicyclic amines) is 2. The number of benzene rings is 3. The van der Waals surface area contributed by atoms with E-state index in [0.717, 1.165) is 49.1 Å². The minimum atomic E-state index is -4.41. The predicted molar refractivity (Wildman–Crippen MR) is 162 cm³/mol. The summed E-state index contributed by atoms with van der Waals surface area (Å²) in [5.74, 6) is 0.907. The Morgan fingerprint density at radius 3 is 2.43 bits per heavy atom. The molecule has 2 aliphatic rings. The third kappa shape index (κ3) is 6.48. The van der Waals surface area contributed by atoms with Gasteiger partial charge in [-0.3, -0.25) is 9.69 Å². The molecule has 1 amide bonds. The molecule has 0 radical (unpaired) electrons. The van der Waals surface area contributed by atoms with Gasteiger partial charge >= 0.3 is 6.18 Å². The second-order valence-electron chi connectivity index (χ2n) is 11.4. The van der Waals surface area contributed by atoms with Crippen molar-refractivity contribution in [2.45, 2.75) is 37.5 Å². The van der Waals surface area contributed by atoms with Gasteiger partial charge in [-0.05, 0) is 55.8 Å². The summed E-state index contributed by atoms with van der Waals surface area (Å²) in [7, 11) is 3.82. The Hall–Kier alpha value is -4.22. The van der Waals surface area contributed by atoms with Crippen LogP contribution in [0.4, 0.5) is 18.9 Å². The average Bonchev–Trinajstić information content (AvgIpc) is 3.58. The normalized spacial score (nSPS) is 18.6. The molecule has 2 aliphatic heterocycles. The van der Waals surface area contributed by atoms with Crippen molar-refractivity contribution in [2.24, 2.45) is 0 Å². The van der Waals surface area contributed by atoms with Gasteiger partial charge in [0.05, 0.1) is 36.9 Å². The number of rotatable bonds is 10. The second-order valence-corrected chi connectivity index (χ2v) is 11.4. The monoisotopic (exact) mass is 605 g/mol. The zero-order chi connectivity index (χ0) is 30.8. The number of halogens is 3.